The molecule has 7 nitrogen and oxygen atoms in total. The molecule has 0 unspecified atom stereocenters. The van der Waals surface area contributed by atoms with Gasteiger partial charge in [-0.05, 0) is 31.5 Å². The number of rotatable bonds is 5. The number of nitrogens with zero attached hydrogens (tertiary/aromatic N) is 5. The summed E-state index contributed by atoms with van der Waals surface area (Å²) in [5.41, 5.74) is 6.79. The van der Waals surface area contributed by atoms with Crippen LogP contribution < -0.4 is 15.4 Å². The fourth-order valence-electron chi connectivity index (χ4n) is 1.63. The second-order valence-corrected chi connectivity index (χ2v) is 4.65. The zero-order chi connectivity index (χ0) is 14.5. The maximum absolute atomic E-state index is 5.69. The molecule has 0 aliphatic heterocycles. The van der Waals surface area contributed by atoms with Crippen LogP contribution in [0.3, 0.4) is 0 Å². The van der Waals surface area contributed by atoms with E-state index < -0.39 is 0 Å². The van der Waals surface area contributed by atoms with Crippen LogP contribution in [0.25, 0.3) is 0 Å². The Hall–Kier alpha value is -2.44. The summed E-state index contributed by atoms with van der Waals surface area (Å²) in [5.74, 6) is 0.622. The third kappa shape index (κ3) is 3.78. The summed E-state index contributed by atoms with van der Waals surface area (Å²) in [5, 5.41) is 0. The lowest BCUT2D eigenvalue weighted by Crippen LogP contribution is -2.21. The van der Waals surface area contributed by atoms with Crippen molar-refractivity contribution in [2.24, 2.45) is 0 Å². The van der Waals surface area contributed by atoms with E-state index in [9.17, 15) is 0 Å². The fraction of sp³-hybridized carbons (Fsp3) is 0.385. The molecule has 0 spiro atoms. The van der Waals surface area contributed by atoms with Crippen molar-refractivity contribution in [3.05, 3.63) is 30.1 Å². The highest BCUT2D eigenvalue weighted by Gasteiger charge is 2.11. The molecular weight excluding hydrogens is 256 g/mol. The number of nitrogens with two attached hydrogens (primary N) is 1. The van der Waals surface area contributed by atoms with E-state index in [1.54, 1.807) is 12.4 Å². The predicted molar refractivity (Wildman–Crippen MR) is 76.3 cm³/mol. The van der Waals surface area contributed by atoms with Crippen LogP contribution in [0.1, 0.15) is 19.4 Å². The number of ether oxygens (including phenoxy) is 1. The maximum Gasteiger partial charge on any atom is 0.323 e. The first-order chi connectivity index (χ1) is 9.54. The SMILES string of the molecule is CC(C)Oc1nc(N)nc(N(C)Cc2ccncc2)n1. The van der Waals surface area contributed by atoms with Gasteiger partial charge >= 0.3 is 6.01 Å². The Bertz CT molecular complexity index is 560. The Morgan fingerprint density at radius 3 is 2.55 bits per heavy atom. The van der Waals surface area contributed by atoms with Crippen LogP contribution in [-0.2, 0) is 6.54 Å². The van der Waals surface area contributed by atoms with Gasteiger partial charge in [-0.25, -0.2) is 0 Å². The van der Waals surface area contributed by atoms with E-state index in [2.05, 4.69) is 19.9 Å². The molecular formula is C13H18N6O. The summed E-state index contributed by atoms with van der Waals surface area (Å²) >= 11 is 0. The van der Waals surface area contributed by atoms with E-state index in [1.165, 1.54) is 0 Å². The molecule has 2 N–H and O–H groups in total. The molecule has 0 aromatic carbocycles. The van der Waals surface area contributed by atoms with Crippen LogP contribution in [0.4, 0.5) is 11.9 Å². The summed E-state index contributed by atoms with van der Waals surface area (Å²) in [6, 6.07) is 4.11. The number of aromatic nitrogens is 4. The van der Waals surface area contributed by atoms with E-state index in [0.29, 0.717) is 12.5 Å². The number of hydrogen-bond donors (Lipinski definition) is 1. The predicted octanol–water partition coefficient (Wildman–Crippen LogP) is 1.27. The van der Waals surface area contributed by atoms with Gasteiger partial charge in [0.25, 0.3) is 0 Å². The lowest BCUT2D eigenvalue weighted by molar-refractivity contribution is 0.222. The molecule has 2 rings (SSSR count). The fourth-order valence-corrected chi connectivity index (χ4v) is 1.63. The van der Waals surface area contributed by atoms with Gasteiger partial charge in [0, 0.05) is 26.0 Å². The van der Waals surface area contributed by atoms with Gasteiger partial charge in [-0.3, -0.25) is 4.98 Å². The number of hydrogen-bond acceptors (Lipinski definition) is 7. The number of nitrogen functional groups attached to an aromatic ring is 1. The van der Waals surface area contributed by atoms with Crippen LogP contribution in [0.15, 0.2) is 24.5 Å². The molecule has 0 saturated heterocycles. The van der Waals surface area contributed by atoms with Gasteiger partial charge in [-0.1, -0.05) is 0 Å². The highest BCUT2D eigenvalue weighted by Crippen LogP contribution is 2.15. The Morgan fingerprint density at radius 1 is 1.20 bits per heavy atom. The number of anilines is 2. The van der Waals surface area contributed by atoms with Crippen molar-refractivity contribution in [3.63, 3.8) is 0 Å². The van der Waals surface area contributed by atoms with Gasteiger partial charge in [0.1, 0.15) is 0 Å². The van der Waals surface area contributed by atoms with E-state index in [1.807, 2.05) is 37.9 Å². The monoisotopic (exact) mass is 274 g/mol. The summed E-state index contributed by atoms with van der Waals surface area (Å²) < 4.78 is 5.46. The summed E-state index contributed by atoms with van der Waals surface area (Å²) in [7, 11) is 1.88. The van der Waals surface area contributed by atoms with Gasteiger partial charge in [0.15, 0.2) is 0 Å². The van der Waals surface area contributed by atoms with Crippen molar-refractivity contribution in [3.8, 4) is 6.01 Å². The average molecular weight is 274 g/mol. The molecule has 0 atom stereocenters. The van der Waals surface area contributed by atoms with Gasteiger partial charge in [-0.2, -0.15) is 15.0 Å². The Balaban J connectivity index is 2.16. The molecule has 20 heavy (non-hydrogen) atoms. The molecule has 0 aliphatic rings. The minimum atomic E-state index is -0.0184. The first-order valence-electron chi connectivity index (χ1n) is 6.33. The first kappa shape index (κ1) is 14.0. The van der Waals surface area contributed by atoms with Crippen molar-refractivity contribution in [1.82, 2.24) is 19.9 Å². The van der Waals surface area contributed by atoms with Crippen molar-refractivity contribution < 1.29 is 4.74 Å². The zero-order valence-corrected chi connectivity index (χ0v) is 11.8. The van der Waals surface area contributed by atoms with E-state index >= 15 is 0 Å². The van der Waals surface area contributed by atoms with Crippen molar-refractivity contribution in [2.75, 3.05) is 17.7 Å². The third-order valence-electron chi connectivity index (χ3n) is 2.47. The van der Waals surface area contributed by atoms with Gasteiger partial charge in [-0.15, -0.1) is 0 Å². The largest absolute Gasteiger partial charge is 0.461 e. The minimum Gasteiger partial charge on any atom is -0.461 e. The zero-order valence-electron chi connectivity index (χ0n) is 11.8. The molecule has 2 heterocycles. The summed E-state index contributed by atoms with van der Waals surface area (Å²) in [6.07, 6.45) is 3.48. The lowest BCUT2D eigenvalue weighted by atomic mass is 10.2. The van der Waals surface area contributed by atoms with Gasteiger partial charge < -0.3 is 15.4 Å². The molecule has 2 aromatic rings. The summed E-state index contributed by atoms with van der Waals surface area (Å²) in [4.78, 5) is 18.2. The van der Waals surface area contributed by atoms with E-state index in [4.69, 9.17) is 10.5 Å². The Labute approximate surface area is 117 Å². The highest BCUT2D eigenvalue weighted by atomic mass is 16.5. The topological polar surface area (TPSA) is 90.0 Å². The molecule has 0 amide bonds. The highest BCUT2D eigenvalue weighted by molar-refractivity contribution is 5.36. The van der Waals surface area contributed by atoms with Crippen LogP contribution in [0.5, 0.6) is 6.01 Å². The van der Waals surface area contributed by atoms with E-state index in [0.717, 1.165) is 5.56 Å². The van der Waals surface area contributed by atoms with Crippen molar-refractivity contribution in [1.29, 1.82) is 0 Å². The van der Waals surface area contributed by atoms with Crippen LogP contribution in [-0.4, -0.2) is 33.1 Å². The average Bonchev–Trinajstić information content (AvgIpc) is 2.38. The normalized spacial score (nSPS) is 10.6. The maximum atomic E-state index is 5.69. The molecule has 0 fully saturated rings. The second kappa shape index (κ2) is 6.14. The van der Waals surface area contributed by atoms with Crippen molar-refractivity contribution in [2.45, 2.75) is 26.5 Å². The van der Waals surface area contributed by atoms with Crippen molar-refractivity contribution >= 4 is 11.9 Å². The minimum absolute atomic E-state index is 0.0184. The molecule has 0 saturated carbocycles. The number of pyridine rings is 1. The quantitative estimate of drug-likeness (QED) is 0.878. The second-order valence-electron chi connectivity index (χ2n) is 4.65. The lowest BCUT2D eigenvalue weighted by Gasteiger charge is -2.18. The van der Waals surface area contributed by atoms with E-state index in [-0.39, 0.29) is 18.1 Å². The van der Waals surface area contributed by atoms with Crippen LogP contribution >= 0.6 is 0 Å². The molecule has 0 aliphatic carbocycles. The molecule has 0 radical (unpaired) electrons. The van der Waals surface area contributed by atoms with Gasteiger partial charge in [0.2, 0.25) is 11.9 Å². The molecule has 0 bridgehead atoms. The van der Waals surface area contributed by atoms with Gasteiger partial charge in [0.05, 0.1) is 6.10 Å². The Kier molecular flexibility index (Phi) is 4.29. The molecule has 106 valence electrons. The molecule has 7 heteroatoms. The smallest absolute Gasteiger partial charge is 0.323 e. The van der Waals surface area contributed by atoms with Crippen LogP contribution in [0, 0.1) is 0 Å². The summed E-state index contributed by atoms with van der Waals surface area (Å²) in [6.45, 7) is 4.45. The third-order valence-corrected chi connectivity index (χ3v) is 2.47. The van der Waals surface area contributed by atoms with Crippen LogP contribution in [0.2, 0.25) is 0 Å². The standard InChI is InChI=1S/C13H18N6O/c1-9(2)20-13-17-11(14)16-12(18-13)19(3)8-10-4-6-15-7-5-10/h4-7,9H,8H2,1-3H3,(H2,14,16,17,18). The first-order valence-corrected chi connectivity index (χ1v) is 6.33. The molecule has 2 aromatic heterocycles. The Morgan fingerprint density at radius 2 is 1.90 bits per heavy atom.